The molecule has 1 amide bonds. The van der Waals surface area contributed by atoms with Crippen LogP contribution in [0.1, 0.15) is 43.7 Å². The molecule has 0 fully saturated rings. The largest absolute Gasteiger partial charge is 0.465 e. The number of ether oxygens (including phenoxy) is 1. The minimum atomic E-state index is -3.96. The van der Waals surface area contributed by atoms with Crippen LogP contribution in [0.25, 0.3) is 0 Å². The smallest absolute Gasteiger partial charge is 0.337 e. The first-order valence-corrected chi connectivity index (χ1v) is 13.2. The molecule has 0 saturated carbocycles. The lowest BCUT2D eigenvalue weighted by molar-refractivity contribution is -0.125. The Morgan fingerprint density at radius 2 is 1.58 bits per heavy atom. The van der Waals surface area contributed by atoms with Crippen molar-refractivity contribution in [1.29, 1.82) is 0 Å². The fourth-order valence-corrected chi connectivity index (χ4v) is 6.83. The average molecular weight is 507 g/mol. The number of amides is 1. The molecule has 0 saturated heterocycles. The van der Waals surface area contributed by atoms with Crippen molar-refractivity contribution in [3.63, 3.8) is 0 Å². The van der Waals surface area contributed by atoms with Crippen LogP contribution in [0.4, 0.5) is 0 Å². The third kappa shape index (κ3) is 5.05. The van der Waals surface area contributed by atoms with Crippen molar-refractivity contribution in [3.8, 4) is 0 Å². The van der Waals surface area contributed by atoms with E-state index in [1.807, 2.05) is 43.3 Å². The quantitative estimate of drug-likeness (QED) is 0.513. The SMILES string of the molecule is COC(=O)c1ccc(CNC(=O)C2Cc3ccccc3CN2S(=O)(=O)c2c(C)cc(C)cc2C)cc1. The number of fused-ring (bicyclic) bond motifs is 1. The number of carbonyl (C=O) groups is 2. The van der Waals surface area contributed by atoms with E-state index in [1.165, 1.54) is 11.4 Å². The Bertz CT molecular complexity index is 1390. The summed E-state index contributed by atoms with van der Waals surface area (Å²) in [6.45, 7) is 5.84. The molecule has 1 aliphatic rings. The molecular formula is C28H30N2O5S. The highest BCUT2D eigenvalue weighted by atomic mass is 32.2. The molecule has 188 valence electrons. The first kappa shape index (κ1) is 25.6. The van der Waals surface area contributed by atoms with Gasteiger partial charge in [0, 0.05) is 13.1 Å². The summed E-state index contributed by atoms with van der Waals surface area (Å²) in [4.78, 5) is 25.3. The number of carbonyl (C=O) groups excluding carboxylic acids is 2. The van der Waals surface area contributed by atoms with Gasteiger partial charge in [0.1, 0.15) is 6.04 Å². The third-order valence-electron chi connectivity index (χ3n) is 6.52. The minimum Gasteiger partial charge on any atom is -0.465 e. The van der Waals surface area contributed by atoms with Crippen LogP contribution in [0.3, 0.4) is 0 Å². The normalized spacial score (nSPS) is 15.7. The highest BCUT2D eigenvalue weighted by Gasteiger charge is 2.40. The van der Waals surface area contributed by atoms with Crippen LogP contribution in [0.5, 0.6) is 0 Å². The Balaban J connectivity index is 1.63. The predicted octanol–water partition coefficient (Wildman–Crippen LogP) is 3.83. The van der Waals surface area contributed by atoms with Gasteiger partial charge in [0.2, 0.25) is 15.9 Å². The van der Waals surface area contributed by atoms with Crippen LogP contribution in [-0.2, 0) is 39.1 Å². The van der Waals surface area contributed by atoms with Gasteiger partial charge in [0.05, 0.1) is 17.6 Å². The van der Waals surface area contributed by atoms with Gasteiger partial charge in [-0.25, -0.2) is 13.2 Å². The molecule has 1 unspecified atom stereocenters. The molecule has 0 bridgehead atoms. The molecule has 4 rings (SSSR count). The maximum atomic E-state index is 14.0. The second kappa shape index (κ2) is 10.2. The van der Waals surface area contributed by atoms with Gasteiger partial charge >= 0.3 is 5.97 Å². The van der Waals surface area contributed by atoms with Gasteiger partial charge in [0.25, 0.3) is 0 Å². The highest BCUT2D eigenvalue weighted by molar-refractivity contribution is 7.89. The predicted molar refractivity (Wildman–Crippen MR) is 137 cm³/mol. The number of nitrogens with one attached hydrogen (secondary N) is 1. The molecular weight excluding hydrogens is 476 g/mol. The van der Waals surface area contributed by atoms with E-state index in [0.717, 1.165) is 22.3 Å². The van der Waals surface area contributed by atoms with E-state index in [0.29, 0.717) is 16.7 Å². The average Bonchev–Trinajstić information content (AvgIpc) is 2.85. The van der Waals surface area contributed by atoms with E-state index >= 15 is 0 Å². The molecule has 1 heterocycles. The van der Waals surface area contributed by atoms with Crippen LogP contribution < -0.4 is 5.32 Å². The van der Waals surface area contributed by atoms with E-state index in [9.17, 15) is 18.0 Å². The number of hydrogen-bond acceptors (Lipinski definition) is 5. The van der Waals surface area contributed by atoms with Crippen LogP contribution >= 0.6 is 0 Å². The van der Waals surface area contributed by atoms with Gasteiger partial charge in [-0.15, -0.1) is 0 Å². The number of nitrogens with zero attached hydrogens (tertiary/aromatic N) is 1. The second-order valence-electron chi connectivity index (χ2n) is 9.17. The van der Waals surface area contributed by atoms with Crippen LogP contribution in [0.15, 0.2) is 65.6 Å². The maximum absolute atomic E-state index is 14.0. The zero-order chi connectivity index (χ0) is 26.0. The van der Waals surface area contributed by atoms with E-state index in [-0.39, 0.29) is 30.3 Å². The van der Waals surface area contributed by atoms with Gasteiger partial charge in [-0.3, -0.25) is 4.79 Å². The summed E-state index contributed by atoms with van der Waals surface area (Å²) >= 11 is 0. The van der Waals surface area contributed by atoms with E-state index in [2.05, 4.69) is 5.32 Å². The molecule has 3 aromatic carbocycles. The third-order valence-corrected chi connectivity index (χ3v) is 8.68. The number of aryl methyl sites for hydroxylation is 3. The second-order valence-corrected chi connectivity index (χ2v) is 11.0. The zero-order valence-corrected chi connectivity index (χ0v) is 21.7. The van der Waals surface area contributed by atoms with E-state index in [1.54, 1.807) is 38.1 Å². The number of esters is 1. The molecule has 0 aromatic heterocycles. The van der Waals surface area contributed by atoms with Gasteiger partial charge in [-0.2, -0.15) is 4.31 Å². The van der Waals surface area contributed by atoms with E-state index < -0.39 is 22.0 Å². The maximum Gasteiger partial charge on any atom is 0.337 e. The first-order chi connectivity index (χ1) is 17.1. The summed E-state index contributed by atoms with van der Waals surface area (Å²) in [7, 11) is -2.64. The molecule has 1 N–H and O–H groups in total. The molecule has 3 aromatic rings. The Morgan fingerprint density at radius 1 is 0.972 bits per heavy atom. The lowest BCUT2D eigenvalue weighted by Crippen LogP contribution is -2.52. The van der Waals surface area contributed by atoms with Gasteiger partial charge in [0.15, 0.2) is 0 Å². The molecule has 1 atom stereocenters. The summed E-state index contributed by atoms with van der Waals surface area (Å²) < 4.78 is 34.0. The summed E-state index contributed by atoms with van der Waals surface area (Å²) in [6, 6.07) is 17.2. The molecule has 36 heavy (non-hydrogen) atoms. The minimum absolute atomic E-state index is 0.122. The standard InChI is InChI=1S/C28H30N2O5S/c1-18-13-19(2)26(20(3)14-18)36(33,34)30-17-24-8-6-5-7-23(24)15-25(30)27(31)29-16-21-9-11-22(12-10-21)28(32)35-4/h5-14,25H,15-17H2,1-4H3,(H,29,31). The summed E-state index contributed by atoms with van der Waals surface area (Å²) in [5.74, 6) is -0.804. The van der Waals surface area contributed by atoms with Crippen molar-refractivity contribution in [2.45, 2.75) is 51.2 Å². The van der Waals surface area contributed by atoms with Crippen molar-refractivity contribution in [3.05, 3.63) is 99.6 Å². The molecule has 8 heteroatoms. The lowest BCUT2D eigenvalue weighted by atomic mass is 9.95. The summed E-state index contributed by atoms with van der Waals surface area (Å²) in [5.41, 5.74) is 5.37. The monoisotopic (exact) mass is 506 g/mol. The number of rotatable bonds is 6. The topological polar surface area (TPSA) is 92.8 Å². The number of benzene rings is 3. The Kier molecular flexibility index (Phi) is 7.28. The van der Waals surface area contributed by atoms with Crippen molar-refractivity contribution < 1.29 is 22.7 Å². The molecule has 0 radical (unpaired) electrons. The van der Waals surface area contributed by atoms with Crippen LogP contribution in [-0.4, -0.2) is 37.8 Å². The first-order valence-electron chi connectivity index (χ1n) is 11.7. The lowest BCUT2D eigenvalue weighted by Gasteiger charge is -2.35. The Hall–Kier alpha value is -3.49. The molecule has 7 nitrogen and oxygen atoms in total. The molecule has 0 aliphatic carbocycles. The zero-order valence-electron chi connectivity index (χ0n) is 20.9. The summed E-state index contributed by atoms with van der Waals surface area (Å²) in [5, 5.41) is 2.89. The van der Waals surface area contributed by atoms with Crippen molar-refractivity contribution in [2.75, 3.05) is 7.11 Å². The van der Waals surface area contributed by atoms with Gasteiger partial charge < -0.3 is 10.1 Å². The van der Waals surface area contributed by atoms with Crippen LogP contribution in [0.2, 0.25) is 0 Å². The fraction of sp³-hybridized carbons (Fsp3) is 0.286. The van der Waals surface area contributed by atoms with E-state index in [4.69, 9.17) is 4.74 Å². The Labute approximate surface area is 212 Å². The molecule has 1 aliphatic heterocycles. The number of sulfonamides is 1. The highest BCUT2D eigenvalue weighted by Crippen LogP contribution is 2.32. The summed E-state index contributed by atoms with van der Waals surface area (Å²) in [6.07, 6.45) is 0.284. The van der Waals surface area contributed by atoms with Crippen molar-refractivity contribution in [2.24, 2.45) is 0 Å². The van der Waals surface area contributed by atoms with Gasteiger partial charge in [-0.1, -0.05) is 54.1 Å². The van der Waals surface area contributed by atoms with Gasteiger partial charge in [-0.05, 0) is 67.1 Å². The molecule has 0 spiro atoms. The fourth-order valence-electron chi connectivity index (χ4n) is 4.85. The van der Waals surface area contributed by atoms with Crippen molar-refractivity contribution in [1.82, 2.24) is 9.62 Å². The Morgan fingerprint density at radius 3 is 2.19 bits per heavy atom. The number of methoxy groups -OCH3 is 1. The number of hydrogen-bond donors (Lipinski definition) is 1. The van der Waals surface area contributed by atoms with Crippen LogP contribution in [0, 0.1) is 20.8 Å². The van der Waals surface area contributed by atoms with Crippen molar-refractivity contribution >= 4 is 21.9 Å².